The van der Waals surface area contributed by atoms with Gasteiger partial charge in [-0.15, -0.1) is 0 Å². The second kappa shape index (κ2) is 13.0. The Morgan fingerprint density at radius 1 is 1.09 bits per heavy atom. The molecule has 1 aromatic heterocycles. The number of carbonyl (C=O) groups excluding carboxylic acids is 1. The molecule has 3 aromatic carbocycles. The van der Waals surface area contributed by atoms with Crippen LogP contribution in [0.3, 0.4) is 0 Å². The van der Waals surface area contributed by atoms with Gasteiger partial charge in [0.05, 0.1) is 34.6 Å². The Bertz CT molecular complexity index is 1940. The molecule has 4 aromatic rings. The molecule has 0 fully saturated rings. The van der Waals surface area contributed by atoms with Gasteiger partial charge in [0.25, 0.3) is 5.56 Å². The first-order valence-corrected chi connectivity index (χ1v) is 15.3. The zero-order valence-corrected chi connectivity index (χ0v) is 26.8. The molecule has 1 N–H and O–H groups in total. The number of halogens is 1. The summed E-state index contributed by atoms with van der Waals surface area (Å²) in [5.41, 5.74) is 2.89. The predicted octanol–water partition coefficient (Wildman–Crippen LogP) is 5.24. The summed E-state index contributed by atoms with van der Waals surface area (Å²) in [5, 5.41) is 9.06. The molecular weight excluding hydrogens is 648 g/mol. The number of methoxy groups -OCH3 is 1. The summed E-state index contributed by atoms with van der Waals surface area (Å²) in [4.78, 5) is 43.5. The first-order valence-electron chi connectivity index (χ1n) is 13.7. The van der Waals surface area contributed by atoms with Gasteiger partial charge in [-0.05, 0) is 80.4 Å². The zero-order chi connectivity index (χ0) is 31.5. The average molecular weight is 678 g/mol. The number of carboxylic acid groups (broad SMARTS) is 1. The number of esters is 1. The number of rotatable bonds is 9. The predicted molar refractivity (Wildman–Crippen MR) is 170 cm³/mol. The number of aromatic carboxylic acids is 1. The van der Waals surface area contributed by atoms with E-state index in [1.54, 1.807) is 64.3 Å². The maximum atomic E-state index is 14.0. The fourth-order valence-corrected chi connectivity index (χ4v) is 6.22. The van der Waals surface area contributed by atoms with E-state index in [2.05, 4.69) is 20.9 Å². The maximum Gasteiger partial charge on any atom is 0.338 e. The second-order valence-corrected chi connectivity index (χ2v) is 12.2. The van der Waals surface area contributed by atoms with E-state index in [0.29, 0.717) is 32.1 Å². The van der Waals surface area contributed by atoms with Crippen molar-refractivity contribution in [2.45, 2.75) is 39.5 Å². The van der Waals surface area contributed by atoms with E-state index >= 15 is 0 Å². The van der Waals surface area contributed by atoms with Crippen LogP contribution in [0.15, 0.2) is 92.3 Å². The SMILES string of the molecule is COc1ccc(Br)cc1[C@@H]1C(C(=O)OC(C)C)=C(C)N=c2s/c(=C\c3ccc(OCc4ccc(C(=O)O)cc4)cc3)c(=O)n21. The molecule has 44 heavy (non-hydrogen) atoms. The van der Waals surface area contributed by atoms with Crippen molar-refractivity contribution in [2.75, 3.05) is 7.11 Å². The lowest BCUT2D eigenvalue weighted by Gasteiger charge is -2.26. The Labute approximate surface area is 265 Å². The number of ether oxygens (including phenoxy) is 3. The molecule has 0 aliphatic carbocycles. The quantitative estimate of drug-likeness (QED) is 0.241. The molecule has 9 nitrogen and oxygen atoms in total. The second-order valence-electron chi connectivity index (χ2n) is 10.3. The van der Waals surface area contributed by atoms with Crippen molar-refractivity contribution in [3.8, 4) is 11.5 Å². The number of hydrogen-bond acceptors (Lipinski definition) is 8. The van der Waals surface area contributed by atoms with Gasteiger partial charge in [0.15, 0.2) is 4.80 Å². The lowest BCUT2D eigenvalue weighted by atomic mass is 9.95. The van der Waals surface area contributed by atoms with E-state index < -0.39 is 18.0 Å². The van der Waals surface area contributed by atoms with Crippen LogP contribution in [0, 0.1) is 0 Å². The molecule has 11 heteroatoms. The largest absolute Gasteiger partial charge is 0.496 e. The van der Waals surface area contributed by atoms with E-state index in [1.165, 1.54) is 28.0 Å². The van der Waals surface area contributed by atoms with Gasteiger partial charge >= 0.3 is 11.9 Å². The highest BCUT2D eigenvalue weighted by atomic mass is 79.9. The van der Waals surface area contributed by atoms with Gasteiger partial charge < -0.3 is 19.3 Å². The molecule has 0 unspecified atom stereocenters. The number of thiazole rings is 1. The number of carboxylic acids is 1. The fraction of sp³-hybridized carbons (Fsp3) is 0.212. The first-order chi connectivity index (χ1) is 21.0. The Balaban J connectivity index is 1.49. The molecule has 1 aliphatic rings. The molecule has 0 spiro atoms. The molecule has 0 bridgehead atoms. The van der Waals surface area contributed by atoms with Crippen LogP contribution in [0.1, 0.15) is 53.9 Å². The molecule has 0 saturated carbocycles. The van der Waals surface area contributed by atoms with Crippen molar-refractivity contribution in [1.29, 1.82) is 0 Å². The van der Waals surface area contributed by atoms with Crippen LogP contribution in [-0.2, 0) is 16.1 Å². The number of nitrogens with zero attached hydrogens (tertiary/aromatic N) is 2. The van der Waals surface area contributed by atoms with Gasteiger partial charge in [-0.25, -0.2) is 14.6 Å². The third kappa shape index (κ3) is 6.53. The number of allylic oxidation sites excluding steroid dienone is 1. The van der Waals surface area contributed by atoms with Crippen LogP contribution in [0.4, 0.5) is 0 Å². The van der Waals surface area contributed by atoms with Gasteiger partial charge in [-0.1, -0.05) is 51.5 Å². The van der Waals surface area contributed by atoms with E-state index in [-0.39, 0.29) is 29.4 Å². The molecular formula is C33H29BrN2O7S. The highest BCUT2D eigenvalue weighted by Gasteiger charge is 2.35. The van der Waals surface area contributed by atoms with Crippen molar-refractivity contribution in [2.24, 2.45) is 4.99 Å². The van der Waals surface area contributed by atoms with Crippen molar-refractivity contribution in [3.05, 3.63) is 124 Å². The Morgan fingerprint density at radius 3 is 2.43 bits per heavy atom. The zero-order valence-electron chi connectivity index (χ0n) is 24.4. The summed E-state index contributed by atoms with van der Waals surface area (Å²) in [6, 6.07) is 18.4. The monoisotopic (exact) mass is 676 g/mol. The number of fused-ring (bicyclic) bond motifs is 1. The Kier molecular flexibility index (Phi) is 9.17. The van der Waals surface area contributed by atoms with Crippen LogP contribution < -0.4 is 24.4 Å². The minimum absolute atomic E-state index is 0.215. The van der Waals surface area contributed by atoms with Crippen LogP contribution in [-0.4, -0.2) is 34.8 Å². The molecule has 226 valence electrons. The highest BCUT2D eigenvalue weighted by Crippen LogP contribution is 2.37. The van der Waals surface area contributed by atoms with Crippen LogP contribution >= 0.6 is 27.3 Å². The lowest BCUT2D eigenvalue weighted by Crippen LogP contribution is -2.40. The molecule has 0 radical (unpaired) electrons. The summed E-state index contributed by atoms with van der Waals surface area (Å²) in [6.45, 7) is 5.56. The minimum Gasteiger partial charge on any atom is -0.496 e. The Morgan fingerprint density at radius 2 is 1.80 bits per heavy atom. The molecule has 0 amide bonds. The van der Waals surface area contributed by atoms with E-state index in [4.69, 9.17) is 19.3 Å². The third-order valence-corrected chi connectivity index (χ3v) is 8.33. The van der Waals surface area contributed by atoms with Crippen LogP contribution in [0.25, 0.3) is 6.08 Å². The summed E-state index contributed by atoms with van der Waals surface area (Å²) in [5.74, 6) is -0.383. The number of benzene rings is 3. The lowest BCUT2D eigenvalue weighted by molar-refractivity contribution is -0.143. The van der Waals surface area contributed by atoms with Gasteiger partial charge in [-0.2, -0.15) is 0 Å². The summed E-state index contributed by atoms with van der Waals surface area (Å²) >= 11 is 4.75. The average Bonchev–Trinajstić information content (AvgIpc) is 3.29. The van der Waals surface area contributed by atoms with Crippen molar-refractivity contribution < 1.29 is 28.9 Å². The standard InChI is InChI=1S/C33H29BrN2O7S/c1-18(2)43-32(40)28-19(3)35-33-36(29(28)25-16-23(34)11-14-26(25)41-4)30(37)27(44-33)15-20-7-12-24(13-8-20)42-17-21-5-9-22(10-6-21)31(38)39/h5-16,18,29H,17H2,1-4H3,(H,38,39)/b27-15-/t29-/m1/s1. The normalized spacial score (nSPS) is 14.7. The first kappa shape index (κ1) is 31.0. The van der Waals surface area contributed by atoms with E-state index in [9.17, 15) is 14.4 Å². The summed E-state index contributed by atoms with van der Waals surface area (Å²) in [6.07, 6.45) is 1.42. The number of aromatic nitrogens is 1. The third-order valence-electron chi connectivity index (χ3n) is 6.85. The van der Waals surface area contributed by atoms with E-state index in [1.807, 2.05) is 24.3 Å². The number of hydrogen-bond donors (Lipinski definition) is 1. The van der Waals surface area contributed by atoms with E-state index in [0.717, 1.165) is 15.6 Å². The van der Waals surface area contributed by atoms with Crippen molar-refractivity contribution in [3.63, 3.8) is 0 Å². The summed E-state index contributed by atoms with van der Waals surface area (Å²) < 4.78 is 19.8. The Hall–Kier alpha value is -4.48. The van der Waals surface area contributed by atoms with Gasteiger partial charge in [0.1, 0.15) is 24.1 Å². The van der Waals surface area contributed by atoms with Gasteiger partial charge in [0.2, 0.25) is 0 Å². The van der Waals surface area contributed by atoms with Crippen molar-refractivity contribution in [1.82, 2.24) is 4.57 Å². The fourth-order valence-electron chi connectivity index (χ4n) is 4.80. The summed E-state index contributed by atoms with van der Waals surface area (Å²) in [7, 11) is 1.54. The highest BCUT2D eigenvalue weighted by molar-refractivity contribution is 9.10. The van der Waals surface area contributed by atoms with Crippen LogP contribution in [0.5, 0.6) is 11.5 Å². The molecule has 1 atom stereocenters. The minimum atomic E-state index is -0.979. The van der Waals surface area contributed by atoms with Crippen molar-refractivity contribution >= 4 is 45.3 Å². The van der Waals surface area contributed by atoms with Gasteiger partial charge in [0, 0.05) is 10.0 Å². The smallest absolute Gasteiger partial charge is 0.338 e. The topological polar surface area (TPSA) is 116 Å². The van der Waals surface area contributed by atoms with Crippen LogP contribution in [0.2, 0.25) is 0 Å². The molecule has 0 saturated heterocycles. The van der Waals surface area contributed by atoms with Gasteiger partial charge in [-0.3, -0.25) is 9.36 Å². The molecule has 1 aliphatic heterocycles. The molecule has 5 rings (SSSR count). The number of carbonyl (C=O) groups is 2. The maximum absolute atomic E-state index is 14.0. The molecule has 2 heterocycles.